The van der Waals surface area contributed by atoms with Gasteiger partial charge in [-0.3, -0.25) is 4.98 Å². The van der Waals surface area contributed by atoms with Crippen molar-refractivity contribution in [3.8, 4) is 11.1 Å². The lowest BCUT2D eigenvalue weighted by molar-refractivity contribution is 0.484. The molecule has 0 aliphatic carbocycles. The molecule has 2 aromatic heterocycles. The Bertz CT molecular complexity index is 459. The molecule has 2 heterocycles. The van der Waals surface area contributed by atoms with Crippen molar-refractivity contribution in [3.63, 3.8) is 0 Å². The zero-order valence-electron chi connectivity index (χ0n) is 10.4. The molecule has 0 aromatic carbocycles. The van der Waals surface area contributed by atoms with Crippen molar-refractivity contribution in [3.05, 3.63) is 42.1 Å². The first kappa shape index (κ1) is 11.9. The lowest BCUT2D eigenvalue weighted by atomic mass is 10.1. The molecular weight excluding hydrogens is 212 g/mol. The zero-order valence-corrected chi connectivity index (χ0v) is 10.4. The number of hydrogen-bond donors (Lipinski definition) is 1. The smallest absolute Gasteiger partial charge is 0.125 e. The van der Waals surface area contributed by atoms with E-state index in [1.165, 1.54) is 0 Å². The van der Waals surface area contributed by atoms with Gasteiger partial charge in [0.15, 0.2) is 0 Å². The first-order valence-corrected chi connectivity index (χ1v) is 6.01. The Hall–Kier alpha value is -1.61. The lowest BCUT2D eigenvalue weighted by Gasteiger charge is -2.04. The van der Waals surface area contributed by atoms with Crippen LogP contribution < -0.4 is 5.32 Å². The molecule has 0 bridgehead atoms. The minimum Gasteiger partial charge on any atom is -0.467 e. The highest BCUT2D eigenvalue weighted by Gasteiger charge is 2.08. The van der Waals surface area contributed by atoms with Gasteiger partial charge in [-0.2, -0.15) is 0 Å². The topological polar surface area (TPSA) is 38.1 Å². The SMILES string of the molecule is CCCNCc1occc1-c1ccc(C)nc1. The van der Waals surface area contributed by atoms with Crippen LogP contribution in [0.1, 0.15) is 24.8 Å². The van der Waals surface area contributed by atoms with Crippen molar-refractivity contribution in [1.29, 1.82) is 0 Å². The fourth-order valence-corrected chi connectivity index (χ4v) is 1.74. The van der Waals surface area contributed by atoms with Gasteiger partial charge in [-0.1, -0.05) is 13.0 Å². The second-order valence-corrected chi connectivity index (χ2v) is 4.12. The number of furan rings is 1. The Labute approximate surface area is 102 Å². The predicted molar refractivity (Wildman–Crippen MR) is 68.7 cm³/mol. The summed E-state index contributed by atoms with van der Waals surface area (Å²) >= 11 is 0. The van der Waals surface area contributed by atoms with Crippen LogP contribution >= 0.6 is 0 Å². The van der Waals surface area contributed by atoms with Gasteiger partial charge in [-0.15, -0.1) is 0 Å². The second kappa shape index (κ2) is 5.64. The largest absolute Gasteiger partial charge is 0.467 e. The molecule has 3 heteroatoms. The maximum absolute atomic E-state index is 5.51. The number of aromatic nitrogens is 1. The standard InChI is InChI=1S/C14H18N2O/c1-3-7-15-10-14-13(6-8-17-14)12-5-4-11(2)16-9-12/h4-6,8-9,15H,3,7,10H2,1-2H3. The fraction of sp³-hybridized carbons (Fsp3) is 0.357. The van der Waals surface area contributed by atoms with Crippen molar-refractivity contribution >= 4 is 0 Å². The summed E-state index contributed by atoms with van der Waals surface area (Å²) in [6, 6.07) is 6.09. The third-order valence-corrected chi connectivity index (χ3v) is 2.68. The van der Waals surface area contributed by atoms with Crippen molar-refractivity contribution in [1.82, 2.24) is 10.3 Å². The summed E-state index contributed by atoms with van der Waals surface area (Å²) in [5.41, 5.74) is 3.27. The molecule has 0 saturated heterocycles. The maximum atomic E-state index is 5.51. The summed E-state index contributed by atoms with van der Waals surface area (Å²) in [6.45, 7) is 5.92. The van der Waals surface area contributed by atoms with Crippen LogP contribution in [0, 0.1) is 6.92 Å². The van der Waals surface area contributed by atoms with Crippen LogP contribution in [0.2, 0.25) is 0 Å². The Morgan fingerprint density at radius 2 is 2.18 bits per heavy atom. The van der Waals surface area contributed by atoms with Crippen LogP contribution in [0.3, 0.4) is 0 Å². The van der Waals surface area contributed by atoms with Crippen molar-refractivity contribution in [2.45, 2.75) is 26.8 Å². The highest BCUT2D eigenvalue weighted by molar-refractivity contribution is 5.64. The molecule has 0 radical (unpaired) electrons. The molecule has 17 heavy (non-hydrogen) atoms. The summed E-state index contributed by atoms with van der Waals surface area (Å²) in [7, 11) is 0. The summed E-state index contributed by atoms with van der Waals surface area (Å²) < 4.78 is 5.51. The number of nitrogens with zero attached hydrogens (tertiary/aromatic N) is 1. The molecule has 0 fully saturated rings. The van der Waals surface area contributed by atoms with E-state index >= 15 is 0 Å². The van der Waals surface area contributed by atoms with E-state index in [1.54, 1.807) is 6.26 Å². The molecule has 2 rings (SSSR count). The van der Waals surface area contributed by atoms with Crippen molar-refractivity contribution in [2.24, 2.45) is 0 Å². The molecule has 0 aliphatic rings. The third-order valence-electron chi connectivity index (χ3n) is 2.68. The number of rotatable bonds is 5. The monoisotopic (exact) mass is 230 g/mol. The summed E-state index contributed by atoms with van der Waals surface area (Å²) in [4.78, 5) is 4.31. The van der Waals surface area contributed by atoms with E-state index in [1.807, 2.05) is 25.3 Å². The molecule has 1 N–H and O–H groups in total. The molecule has 2 aromatic rings. The normalized spacial score (nSPS) is 10.7. The Balaban J connectivity index is 2.15. The van der Waals surface area contributed by atoms with Crippen molar-refractivity contribution < 1.29 is 4.42 Å². The maximum Gasteiger partial charge on any atom is 0.125 e. The van der Waals surface area contributed by atoms with Gasteiger partial charge in [0.05, 0.1) is 12.8 Å². The van der Waals surface area contributed by atoms with E-state index in [4.69, 9.17) is 4.42 Å². The highest BCUT2D eigenvalue weighted by Crippen LogP contribution is 2.24. The van der Waals surface area contributed by atoms with Gasteiger partial charge < -0.3 is 9.73 Å². The highest BCUT2D eigenvalue weighted by atomic mass is 16.3. The Morgan fingerprint density at radius 1 is 1.29 bits per heavy atom. The van der Waals surface area contributed by atoms with Crippen LogP contribution in [0.4, 0.5) is 0 Å². The Morgan fingerprint density at radius 3 is 2.88 bits per heavy atom. The molecule has 0 atom stereocenters. The van der Waals surface area contributed by atoms with Crippen molar-refractivity contribution in [2.75, 3.05) is 6.54 Å². The minimum absolute atomic E-state index is 0.768. The van der Waals surface area contributed by atoms with Gasteiger partial charge in [0, 0.05) is 23.0 Å². The molecular formula is C14H18N2O. The van der Waals surface area contributed by atoms with Gasteiger partial charge in [-0.25, -0.2) is 0 Å². The van der Waals surface area contributed by atoms with Gasteiger partial charge in [0.2, 0.25) is 0 Å². The van der Waals surface area contributed by atoms with Gasteiger partial charge >= 0.3 is 0 Å². The Kier molecular flexibility index (Phi) is 3.94. The minimum atomic E-state index is 0.768. The van der Waals surface area contributed by atoms with Crippen LogP contribution in [0.25, 0.3) is 11.1 Å². The van der Waals surface area contributed by atoms with Crippen LogP contribution in [0.15, 0.2) is 35.1 Å². The number of pyridine rings is 1. The van der Waals surface area contributed by atoms with Crippen LogP contribution in [-0.4, -0.2) is 11.5 Å². The number of aryl methyl sites for hydroxylation is 1. The molecule has 0 aliphatic heterocycles. The molecule has 3 nitrogen and oxygen atoms in total. The van der Waals surface area contributed by atoms with E-state index in [0.717, 1.165) is 42.1 Å². The molecule has 0 spiro atoms. The van der Waals surface area contributed by atoms with Gasteiger partial charge in [-0.05, 0) is 32.0 Å². The summed E-state index contributed by atoms with van der Waals surface area (Å²) in [6.07, 6.45) is 4.75. The zero-order chi connectivity index (χ0) is 12.1. The van der Waals surface area contributed by atoms with E-state index < -0.39 is 0 Å². The van der Waals surface area contributed by atoms with E-state index in [0.29, 0.717) is 0 Å². The van der Waals surface area contributed by atoms with E-state index in [-0.39, 0.29) is 0 Å². The molecule has 0 unspecified atom stereocenters. The predicted octanol–water partition coefficient (Wildman–Crippen LogP) is 3.15. The molecule has 0 saturated carbocycles. The van der Waals surface area contributed by atoms with E-state index in [2.05, 4.69) is 23.3 Å². The average molecular weight is 230 g/mol. The lowest BCUT2D eigenvalue weighted by Crippen LogP contribution is -2.13. The number of nitrogens with one attached hydrogen (secondary N) is 1. The van der Waals surface area contributed by atoms with E-state index in [9.17, 15) is 0 Å². The summed E-state index contributed by atoms with van der Waals surface area (Å²) in [5, 5.41) is 3.34. The average Bonchev–Trinajstić information content (AvgIpc) is 2.79. The van der Waals surface area contributed by atoms with Gasteiger partial charge in [0.1, 0.15) is 5.76 Å². The van der Waals surface area contributed by atoms with Crippen LogP contribution in [0.5, 0.6) is 0 Å². The quantitative estimate of drug-likeness (QED) is 0.802. The summed E-state index contributed by atoms with van der Waals surface area (Å²) in [5.74, 6) is 0.976. The van der Waals surface area contributed by atoms with Crippen LogP contribution in [-0.2, 0) is 6.54 Å². The molecule has 90 valence electrons. The second-order valence-electron chi connectivity index (χ2n) is 4.12. The van der Waals surface area contributed by atoms with Gasteiger partial charge in [0.25, 0.3) is 0 Å². The number of hydrogen-bond acceptors (Lipinski definition) is 3. The first-order valence-electron chi connectivity index (χ1n) is 6.01. The fourth-order valence-electron chi connectivity index (χ4n) is 1.74. The third kappa shape index (κ3) is 2.94. The first-order chi connectivity index (χ1) is 8.31. The molecule has 0 amide bonds.